The molecule has 6 nitrogen and oxygen atoms in total. The van der Waals surface area contributed by atoms with Gasteiger partial charge in [-0.3, -0.25) is 4.79 Å². The maximum absolute atomic E-state index is 12.2. The number of anilines is 1. The Bertz CT molecular complexity index is 602. The SMILES string of the molecule is CCSc1ccc(NC(=O)[C@@H]2CCCN2S(C)(=O)=O)cn1. The Balaban J connectivity index is 2.04. The van der Waals surface area contributed by atoms with Crippen LogP contribution in [0.1, 0.15) is 19.8 Å². The van der Waals surface area contributed by atoms with Crippen molar-refractivity contribution in [3.05, 3.63) is 18.3 Å². The zero-order chi connectivity index (χ0) is 15.5. The number of carbonyl (C=O) groups is 1. The third-order valence-electron chi connectivity index (χ3n) is 3.23. The van der Waals surface area contributed by atoms with E-state index in [2.05, 4.69) is 10.3 Å². The number of sulfonamides is 1. The minimum Gasteiger partial charge on any atom is -0.323 e. The largest absolute Gasteiger partial charge is 0.323 e. The van der Waals surface area contributed by atoms with Crippen molar-refractivity contribution in [2.75, 3.05) is 23.9 Å². The standard InChI is InChI=1S/C13H19N3O3S2/c1-3-20-12-7-6-10(9-14-12)15-13(17)11-5-4-8-16(11)21(2,18)19/h6-7,9,11H,3-5,8H2,1-2H3,(H,15,17)/t11-/m0/s1. The van der Waals surface area contributed by atoms with Gasteiger partial charge in [-0.15, -0.1) is 11.8 Å². The lowest BCUT2D eigenvalue weighted by Crippen LogP contribution is -2.42. The fourth-order valence-corrected chi connectivity index (χ4v) is 4.02. The van der Waals surface area contributed by atoms with Gasteiger partial charge in [-0.25, -0.2) is 13.4 Å². The molecule has 0 unspecified atom stereocenters. The smallest absolute Gasteiger partial charge is 0.242 e. The number of carbonyl (C=O) groups excluding carboxylic acids is 1. The number of hydrogen-bond acceptors (Lipinski definition) is 5. The highest BCUT2D eigenvalue weighted by Crippen LogP contribution is 2.22. The van der Waals surface area contributed by atoms with E-state index < -0.39 is 16.1 Å². The summed E-state index contributed by atoms with van der Waals surface area (Å²) in [5.74, 6) is 0.639. The second-order valence-corrected chi connectivity index (χ2v) is 8.06. The maximum atomic E-state index is 12.2. The number of rotatable bonds is 5. The first-order valence-corrected chi connectivity index (χ1v) is 9.61. The Labute approximate surface area is 129 Å². The van der Waals surface area contributed by atoms with Gasteiger partial charge in [0.25, 0.3) is 0 Å². The van der Waals surface area contributed by atoms with Gasteiger partial charge in [-0.2, -0.15) is 4.31 Å². The fourth-order valence-electron chi connectivity index (χ4n) is 2.31. The number of hydrogen-bond donors (Lipinski definition) is 1. The molecule has 0 aromatic carbocycles. The van der Waals surface area contributed by atoms with Gasteiger partial charge in [-0.1, -0.05) is 6.92 Å². The minimum atomic E-state index is -3.35. The van der Waals surface area contributed by atoms with E-state index in [4.69, 9.17) is 0 Å². The Hall–Kier alpha value is -1.12. The van der Waals surface area contributed by atoms with Crippen LogP contribution in [0.5, 0.6) is 0 Å². The summed E-state index contributed by atoms with van der Waals surface area (Å²) >= 11 is 1.62. The van der Waals surface area contributed by atoms with Gasteiger partial charge in [0.1, 0.15) is 6.04 Å². The summed E-state index contributed by atoms with van der Waals surface area (Å²) in [6, 6.07) is 3.00. The molecule has 1 saturated heterocycles. The van der Waals surface area contributed by atoms with Crippen LogP contribution in [0.2, 0.25) is 0 Å². The van der Waals surface area contributed by atoms with Crippen LogP contribution in [0.4, 0.5) is 5.69 Å². The molecule has 1 atom stereocenters. The molecular weight excluding hydrogens is 310 g/mol. The lowest BCUT2D eigenvalue weighted by Gasteiger charge is -2.21. The quantitative estimate of drug-likeness (QED) is 0.829. The molecule has 116 valence electrons. The van der Waals surface area contributed by atoms with E-state index in [0.29, 0.717) is 25.1 Å². The first-order chi connectivity index (χ1) is 9.91. The zero-order valence-electron chi connectivity index (χ0n) is 12.1. The molecule has 2 rings (SSSR count). The van der Waals surface area contributed by atoms with E-state index in [1.54, 1.807) is 24.0 Å². The number of nitrogens with one attached hydrogen (secondary N) is 1. The highest BCUT2D eigenvalue weighted by molar-refractivity contribution is 7.99. The summed E-state index contributed by atoms with van der Waals surface area (Å²) in [4.78, 5) is 16.5. The van der Waals surface area contributed by atoms with Gasteiger partial charge < -0.3 is 5.32 Å². The average Bonchev–Trinajstić information content (AvgIpc) is 2.90. The van der Waals surface area contributed by atoms with Crippen molar-refractivity contribution in [2.24, 2.45) is 0 Å². The number of thioether (sulfide) groups is 1. The number of amides is 1. The van der Waals surface area contributed by atoms with Crippen molar-refractivity contribution in [3.8, 4) is 0 Å². The molecule has 1 aromatic heterocycles. The van der Waals surface area contributed by atoms with Gasteiger partial charge >= 0.3 is 0 Å². The molecule has 21 heavy (non-hydrogen) atoms. The second-order valence-electron chi connectivity index (χ2n) is 4.84. The summed E-state index contributed by atoms with van der Waals surface area (Å²) in [5, 5.41) is 3.64. The monoisotopic (exact) mass is 329 g/mol. The molecule has 1 aliphatic heterocycles. The average molecular weight is 329 g/mol. The topological polar surface area (TPSA) is 79.4 Å². The zero-order valence-corrected chi connectivity index (χ0v) is 13.7. The van der Waals surface area contributed by atoms with Gasteiger partial charge in [-0.05, 0) is 30.7 Å². The molecule has 0 spiro atoms. The Morgan fingerprint density at radius 1 is 1.52 bits per heavy atom. The van der Waals surface area contributed by atoms with E-state index in [9.17, 15) is 13.2 Å². The van der Waals surface area contributed by atoms with Crippen LogP contribution >= 0.6 is 11.8 Å². The highest BCUT2D eigenvalue weighted by atomic mass is 32.2. The first kappa shape index (κ1) is 16.3. The molecule has 0 aliphatic carbocycles. The van der Waals surface area contributed by atoms with E-state index in [-0.39, 0.29) is 5.91 Å². The summed E-state index contributed by atoms with van der Waals surface area (Å²) in [6.45, 7) is 2.45. The summed E-state index contributed by atoms with van der Waals surface area (Å²) < 4.78 is 24.6. The van der Waals surface area contributed by atoms with Crippen molar-refractivity contribution >= 4 is 33.4 Å². The molecule has 1 N–H and O–H groups in total. The molecule has 1 amide bonds. The van der Waals surface area contributed by atoms with Crippen molar-refractivity contribution in [2.45, 2.75) is 30.8 Å². The molecule has 2 heterocycles. The molecule has 1 fully saturated rings. The van der Waals surface area contributed by atoms with Crippen LogP contribution in [0.15, 0.2) is 23.4 Å². The van der Waals surface area contributed by atoms with E-state index >= 15 is 0 Å². The predicted molar refractivity (Wildman–Crippen MR) is 83.8 cm³/mol. The molecule has 1 aromatic rings. The van der Waals surface area contributed by atoms with Crippen molar-refractivity contribution < 1.29 is 13.2 Å². The van der Waals surface area contributed by atoms with E-state index in [1.807, 2.05) is 13.0 Å². The summed E-state index contributed by atoms with van der Waals surface area (Å²) in [6.07, 6.45) is 3.98. The molecule has 0 bridgehead atoms. The Morgan fingerprint density at radius 2 is 2.29 bits per heavy atom. The van der Waals surface area contributed by atoms with Crippen LogP contribution in [0.25, 0.3) is 0 Å². The first-order valence-electron chi connectivity index (χ1n) is 6.78. The highest BCUT2D eigenvalue weighted by Gasteiger charge is 2.36. The van der Waals surface area contributed by atoms with Crippen molar-refractivity contribution in [1.82, 2.24) is 9.29 Å². The third kappa shape index (κ3) is 4.18. The molecular formula is C13H19N3O3S2. The fraction of sp³-hybridized carbons (Fsp3) is 0.538. The lowest BCUT2D eigenvalue weighted by atomic mass is 10.2. The predicted octanol–water partition coefficient (Wildman–Crippen LogP) is 1.56. The second kappa shape index (κ2) is 6.76. The van der Waals surface area contributed by atoms with E-state index in [1.165, 1.54) is 4.31 Å². The van der Waals surface area contributed by atoms with Crippen LogP contribution in [0, 0.1) is 0 Å². The Kier molecular flexibility index (Phi) is 5.23. The number of aromatic nitrogens is 1. The number of nitrogens with zero attached hydrogens (tertiary/aromatic N) is 2. The molecule has 0 radical (unpaired) electrons. The normalized spacial score (nSPS) is 19.6. The van der Waals surface area contributed by atoms with Crippen LogP contribution in [-0.4, -0.2) is 48.2 Å². The van der Waals surface area contributed by atoms with Crippen LogP contribution < -0.4 is 5.32 Å². The van der Waals surface area contributed by atoms with Gasteiger partial charge in [0.05, 0.1) is 23.2 Å². The Morgan fingerprint density at radius 3 is 2.86 bits per heavy atom. The van der Waals surface area contributed by atoms with Crippen LogP contribution in [0.3, 0.4) is 0 Å². The van der Waals surface area contributed by atoms with Crippen molar-refractivity contribution in [1.29, 1.82) is 0 Å². The van der Waals surface area contributed by atoms with Crippen LogP contribution in [-0.2, 0) is 14.8 Å². The minimum absolute atomic E-state index is 0.296. The van der Waals surface area contributed by atoms with Gasteiger partial charge in [0.15, 0.2) is 0 Å². The molecule has 0 saturated carbocycles. The van der Waals surface area contributed by atoms with Gasteiger partial charge in [0.2, 0.25) is 15.9 Å². The number of pyridine rings is 1. The third-order valence-corrected chi connectivity index (χ3v) is 5.34. The van der Waals surface area contributed by atoms with Gasteiger partial charge in [0, 0.05) is 6.54 Å². The maximum Gasteiger partial charge on any atom is 0.242 e. The van der Waals surface area contributed by atoms with E-state index in [0.717, 1.165) is 17.0 Å². The summed E-state index contributed by atoms with van der Waals surface area (Å²) in [7, 11) is -3.35. The lowest BCUT2D eigenvalue weighted by molar-refractivity contribution is -0.119. The molecule has 1 aliphatic rings. The van der Waals surface area contributed by atoms with Crippen molar-refractivity contribution in [3.63, 3.8) is 0 Å². The summed E-state index contributed by atoms with van der Waals surface area (Å²) in [5.41, 5.74) is 0.584. The molecule has 8 heteroatoms.